The van der Waals surface area contributed by atoms with E-state index in [1.807, 2.05) is 42.2 Å². The van der Waals surface area contributed by atoms with Crippen molar-refractivity contribution in [2.75, 3.05) is 19.7 Å². The zero-order valence-corrected chi connectivity index (χ0v) is 11.9. The van der Waals surface area contributed by atoms with Gasteiger partial charge in [-0.3, -0.25) is 4.79 Å². The number of hydrogen-bond acceptors (Lipinski definition) is 3. The van der Waals surface area contributed by atoms with Gasteiger partial charge in [-0.1, -0.05) is 18.2 Å². The molecular formula is C16H22N2O2. The number of rotatable bonds is 4. The Kier molecular flexibility index (Phi) is 5.18. The number of hydrogen-bond donors (Lipinski definition) is 1. The largest absolute Gasteiger partial charge is 0.493 e. The van der Waals surface area contributed by atoms with Crippen molar-refractivity contribution in [1.82, 2.24) is 4.90 Å². The second-order valence-electron chi connectivity index (χ2n) is 4.97. The maximum Gasteiger partial charge on any atom is 0.246 e. The fraction of sp³-hybridized carbons (Fsp3) is 0.438. The third-order valence-electron chi connectivity index (χ3n) is 3.48. The van der Waals surface area contributed by atoms with Crippen molar-refractivity contribution >= 4 is 12.0 Å². The molecule has 1 aromatic carbocycles. The summed E-state index contributed by atoms with van der Waals surface area (Å²) in [5.74, 6) is 0.850. The van der Waals surface area contributed by atoms with Gasteiger partial charge in [0, 0.05) is 30.8 Å². The van der Waals surface area contributed by atoms with Crippen molar-refractivity contribution in [3.63, 3.8) is 0 Å². The molecule has 1 aliphatic heterocycles. The molecule has 1 fully saturated rings. The fourth-order valence-corrected chi connectivity index (χ4v) is 2.29. The zero-order chi connectivity index (χ0) is 14.4. The van der Waals surface area contributed by atoms with Gasteiger partial charge in [0.15, 0.2) is 0 Å². The molecular weight excluding hydrogens is 252 g/mol. The molecule has 1 saturated heterocycles. The minimum Gasteiger partial charge on any atom is -0.493 e. The predicted octanol–water partition coefficient (Wildman–Crippen LogP) is 2.05. The average Bonchev–Trinajstić information content (AvgIpc) is 2.47. The van der Waals surface area contributed by atoms with Crippen molar-refractivity contribution < 1.29 is 9.53 Å². The van der Waals surface area contributed by atoms with E-state index >= 15 is 0 Å². The van der Waals surface area contributed by atoms with Crippen LogP contribution in [0.3, 0.4) is 0 Å². The van der Waals surface area contributed by atoms with Crippen LogP contribution in [0.1, 0.15) is 25.3 Å². The van der Waals surface area contributed by atoms with Crippen LogP contribution < -0.4 is 10.5 Å². The molecule has 1 heterocycles. The first-order valence-electron chi connectivity index (χ1n) is 7.15. The average molecular weight is 274 g/mol. The van der Waals surface area contributed by atoms with Crippen LogP contribution in [0.2, 0.25) is 0 Å². The van der Waals surface area contributed by atoms with E-state index in [-0.39, 0.29) is 11.9 Å². The Morgan fingerprint density at radius 3 is 2.80 bits per heavy atom. The summed E-state index contributed by atoms with van der Waals surface area (Å²) in [5.41, 5.74) is 6.77. The predicted molar refractivity (Wildman–Crippen MR) is 80.4 cm³/mol. The highest BCUT2D eigenvalue weighted by Crippen LogP contribution is 2.19. The van der Waals surface area contributed by atoms with Gasteiger partial charge in [-0.25, -0.2) is 0 Å². The number of nitrogens with zero attached hydrogens (tertiary/aromatic N) is 1. The van der Waals surface area contributed by atoms with E-state index in [1.165, 1.54) is 0 Å². The number of piperidine rings is 1. The SMILES string of the molecule is CCOc1ccccc1/C=C/C(=O)N1CCC(N)CC1. The van der Waals surface area contributed by atoms with Crippen LogP contribution in [-0.4, -0.2) is 36.5 Å². The van der Waals surface area contributed by atoms with E-state index in [1.54, 1.807) is 6.08 Å². The van der Waals surface area contributed by atoms with Gasteiger partial charge in [0.25, 0.3) is 0 Å². The molecule has 0 unspecified atom stereocenters. The highest BCUT2D eigenvalue weighted by Gasteiger charge is 2.18. The monoisotopic (exact) mass is 274 g/mol. The van der Waals surface area contributed by atoms with E-state index < -0.39 is 0 Å². The summed E-state index contributed by atoms with van der Waals surface area (Å²) in [5, 5.41) is 0. The minimum atomic E-state index is 0.0446. The number of nitrogens with two attached hydrogens (primary N) is 1. The van der Waals surface area contributed by atoms with Crippen LogP contribution in [-0.2, 0) is 4.79 Å². The highest BCUT2D eigenvalue weighted by atomic mass is 16.5. The van der Waals surface area contributed by atoms with Gasteiger partial charge >= 0.3 is 0 Å². The highest BCUT2D eigenvalue weighted by molar-refractivity contribution is 5.92. The van der Waals surface area contributed by atoms with Crippen molar-refractivity contribution in [2.24, 2.45) is 5.73 Å². The second kappa shape index (κ2) is 7.10. The lowest BCUT2D eigenvalue weighted by Crippen LogP contribution is -2.42. The lowest BCUT2D eigenvalue weighted by Gasteiger charge is -2.29. The van der Waals surface area contributed by atoms with Gasteiger partial charge < -0.3 is 15.4 Å². The molecule has 0 spiro atoms. The van der Waals surface area contributed by atoms with E-state index in [4.69, 9.17) is 10.5 Å². The summed E-state index contributed by atoms with van der Waals surface area (Å²) in [4.78, 5) is 14.0. The number of amides is 1. The van der Waals surface area contributed by atoms with Gasteiger partial charge in [-0.2, -0.15) is 0 Å². The molecule has 0 bridgehead atoms. The number of likely N-dealkylation sites (tertiary alicyclic amines) is 1. The van der Waals surface area contributed by atoms with Crippen LogP contribution in [0, 0.1) is 0 Å². The topological polar surface area (TPSA) is 55.6 Å². The van der Waals surface area contributed by atoms with E-state index in [9.17, 15) is 4.79 Å². The summed E-state index contributed by atoms with van der Waals surface area (Å²) < 4.78 is 5.54. The Hall–Kier alpha value is -1.81. The summed E-state index contributed by atoms with van der Waals surface area (Å²) >= 11 is 0. The lowest BCUT2D eigenvalue weighted by atomic mass is 10.1. The quantitative estimate of drug-likeness (QED) is 0.855. The molecule has 1 amide bonds. The molecule has 0 atom stereocenters. The summed E-state index contributed by atoms with van der Waals surface area (Å²) in [7, 11) is 0. The minimum absolute atomic E-state index is 0.0446. The molecule has 0 saturated carbocycles. The lowest BCUT2D eigenvalue weighted by molar-refractivity contribution is -0.126. The van der Waals surface area contributed by atoms with E-state index in [0.717, 1.165) is 37.2 Å². The van der Waals surface area contributed by atoms with Crippen molar-refractivity contribution in [1.29, 1.82) is 0 Å². The Morgan fingerprint density at radius 1 is 1.40 bits per heavy atom. The van der Waals surface area contributed by atoms with Crippen LogP contribution >= 0.6 is 0 Å². The molecule has 0 aromatic heterocycles. The van der Waals surface area contributed by atoms with Crippen molar-refractivity contribution in [3.05, 3.63) is 35.9 Å². The Morgan fingerprint density at radius 2 is 2.10 bits per heavy atom. The van der Waals surface area contributed by atoms with E-state index in [2.05, 4.69) is 0 Å². The molecule has 1 aromatic rings. The first-order chi connectivity index (χ1) is 9.70. The number of benzene rings is 1. The van der Waals surface area contributed by atoms with E-state index in [0.29, 0.717) is 6.61 Å². The van der Waals surface area contributed by atoms with Crippen LogP contribution in [0.5, 0.6) is 5.75 Å². The van der Waals surface area contributed by atoms with Gasteiger partial charge in [0.1, 0.15) is 5.75 Å². The molecule has 2 rings (SSSR count). The fourth-order valence-electron chi connectivity index (χ4n) is 2.29. The third-order valence-corrected chi connectivity index (χ3v) is 3.48. The number of carbonyl (C=O) groups is 1. The number of carbonyl (C=O) groups excluding carboxylic acids is 1. The maximum absolute atomic E-state index is 12.1. The Bertz CT molecular complexity index is 477. The molecule has 4 heteroatoms. The molecule has 2 N–H and O–H groups in total. The smallest absolute Gasteiger partial charge is 0.246 e. The number of para-hydroxylation sites is 1. The maximum atomic E-state index is 12.1. The molecule has 0 radical (unpaired) electrons. The van der Waals surface area contributed by atoms with Gasteiger partial charge in [-0.15, -0.1) is 0 Å². The van der Waals surface area contributed by atoms with Gasteiger partial charge in [-0.05, 0) is 31.9 Å². The molecule has 4 nitrogen and oxygen atoms in total. The first kappa shape index (κ1) is 14.6. The molecule has 108 valence electrons. The normalized spacial score (nSPS) is 16.6. The van der Waals surface area contributed by atoms with Crippen molar-refractivity contribution in [3.8, 4) is 5.75 Å². The summed E-state index contributed by atoms with van der Waals surface area (Å²) in [6.45, 7) is 4.06. The summed E-state index contributed by atoms with van der Waals surface area (Å²) in [6.07, 6.45) is 5.21. The van der Waals surface area contributed by atoms with Crippen LogP contribution in [0.25, 0.3) is 6.08 Å². The molecule has 20 heavy (non-hydrogen) atoms. The molecule has 1 aliphatic rings. The first-order valence-corrected chi connectivity index (χ1v) is 7.15. The zero-order valence-electron chi connectivity index (χ0n) is 11.9. The Labute approximate surface area is 120 Å². The molecule has 0 aliphatic carbocycles. The van der Waals surface area contributed by atoms with Crippen LogP contribution in [0.15, 0.2) is 30.3 Å². The van der Waals surface area contributed by atoms with Gasteiger partial charge in [0.05, 0.1) is 6.61 Å². The van der Waals surface area contributed by atoms with Crippen molar-refractivity contribution in [2.45, 2.75) is 25.8 Å². The third kappa shape index (κ3) is 3.84. The Balaban J connectivity index is 2.00. The standard InChI is InChI=1S/C16H22N2O2/c1-2-20-15-6-4-3-5-13(15)7-8-16(19)18-11-9-14(17)10-12-18/h3-8,14H,2,9-12,17H2,1H3/b8-7+. The summed E-state index contributed by atoms with van der Waals surface area (Å²) in [6, 6.07) is 7.96. The second-order valence-corrected chi connectivity index (χ2v) is 4.97. The van der Waals surface area contributed by atoms with Crippen LogP contribution in [0.4, 0.5) is 0 Å². The number of ether oxygens (including phenoxy) is 1. The van der Waals surface area contributed by atoms with Gasteiger partial charge in [0.2, 0.25) is 5.91 Å².